The minimum Gasteiger partial charge on any atom is -0.465 e. The van der Waals surface area contributed by atoms with Gasteiger partial charge in [0.2, 0.25) is 0 Å². The summed E-state index contributed by atoms with van der Waals surface area (Å²) in [5.41, 5.74) is 4.23. The van der Waals surface area contributed by atoms with E-state index in [4.69, 9.17) is 4.74 Å². The number of carbonyl (C=O) groups excluding carboxylic acids is 1. The molecule has 3 rings (SSSR count). The Hall–Kier alpha value is -1.85. The summed E-state index contributed by atoms with van der Waals surface area (Å²) >= 11 is 0. The first-order valence-corrected chi connectivity index (χ1v) is 7.75. The molecule has 0 bridgehead atoms. The van der Waals surface area contributed by atoms with Gasteiger partial charge in [-0.2, -0.15) is 0 Å². The average Bonchev–Trinajstić information content (AvgIpc) is 2.87. The molecule has 1 aliphatic heterocycles. The number of esters is 1. The monoisotopic (exact) mass is 302 g/mol. The largest absolute Gasteiger partial charge is 0.465 e. The normalized spacial score (nSPS) is 15.0. The van der Waals surface area contributed by atoms with Crippen LogP contribution in [0.15, 0.2) is 18.2 Å². The third-order valence-electron chi connectivity index (χ3n) is 4.53. The smallest absolute Gasteiger partial charge is 0.337 e. The molecule has 118 valence electrons. The van der Waals surface area contributed by atoms with E-state index in [1.165, 1.54) is 18.4 Å². The summed E-state index contributed by atoms with van der Waals surface area (Å²) < 4.78 is 7.02. The Labute approximate surface area is 130 Å². The van der Waals surface area contributed by atoms with Gasteiger partial charge in [0.1, 0.15) is 0 Å². The number of rotatable bonds is 4. The van der Waals surface area contributed by atoms with Gasteiger partial charge in [-0.3, -0.25) is 4.90 Å². The van der Waals surface area contributed by atoms with Gasteiger partial charge in [0.05, 0.1) is 19.3 Å². The Kier molecular flexibility index (Phi) is 4.18. The highest BCUT2D eigenvalue weighted by atomic mass is 16.5. The van der Waals surface area contributed by atoms with E-state index in [0.717, 1.165) is 37.0 Å². The quantitative estimate of drug-likeness (QED) is 0.875. The number of aliphatic hydroxyl groups is 1. The summed E-state index contributed by atoms with van der Waals surface area (Å²) in [6.07, 6.45) is 0.978. The van der Waals surface area contributed by atoms with E-state index in [1.807, 2.05) is 12.1 Å². The van der Waals surface area contributed by atoms with Gasteiger partial charge in [-0.15, -0.1) is 0 Å². The maximum absolute atomic E-state index is 11.8. The molecule has 5 nitrogen and oxygen atoms in total. The summed E-state index contributed by atoms with van der Waals surface area (Å²) in [5.74, 6) is -0.311. The summed E-state index contributed by atoms with van der Waals surface area (Å²) in [7, 11) is 1.40. The third-order valence-corrected chi connectivity index (χ3v) is 4.53. The van der Waals surface area contributed by atoms with Gasteiger partial charge in [-0.25, -0.2) is 4.79 Å². The number of fused-ring (bicyclic) bond motifs is 3. The standard InChI is InChI=1S/C17H22N2O3/c1-3-18-7-6-16-14(11-18)13-10-12(17(21)22-2)4-5-15(13)19(16)8-9-20/h4-5,10,20H,3,6-9,11H2,1-2H3. The van der Waals surface area contributed by atoms with Gasteiger partial charge in [-0.1, -0.05) is 6.92 Å². The molecule has 0 fully saturated rings. The number of carbonyl (C=O) groups is 1. The number of benzene rings is 1. The molecule has 1 aromatic carbocycles. The highest BCUT2D eigenvalue weighted by Crippen LogP contribution is 2.31. The number of likely N-dealkylation sites (N-methyl/N-ethyl adjacent to an activating group) is 1. The van der Waals surface area contributed by atoms with E-state index >= 15 is 0 Å². The summed E-state index contributed by atoms with van der Waals surface area (Å²) in [5, 5.41) is 10.5. The molecule has 0 saturated carbocycles. The van der Waals surface area contributed by atoms with E-state index in [9.17, 15) is 9.90 Å². The predicted molar refractivity (Wildman–Crippen MR) is 85.0 cm³/mol. The van der Waals surface area contributed by atoms with Crippen LogP contribution in [0.3, 0.4) is 0 Å². The number of aliphatic hydroxyl groups excluding tert-OH is 1. The molecule has 0 spiro atoms. The second-order valence-corrected chi connectivity index (χ2v) is 5.64. The van der Waals surface area contributed by atoms with Crippen LogP contribution in [0.4, 0.5) is 0 Å². The van der Waals surface area contributed by atoms with E-state index < -0.39 is 0 Å². The third kappa shape index (κ3) is 2.40. The molecular formula is C17H22N2O3. The lowest BCUT2D eigenvalue weighted by Crippen LogP contribution is -2.30. The first-order valence-electron chi connectivity index (χ1n) is 7.75. The van der Waals surface area contributed by atoms with Crippen LogP contribution in [0.1, 0.15) is 28.5 Å². The molecule has 0 radical (unpaired) electrons. The molecule has 1 aromatic heterocycles. The van der Waals surface area contributed by atoms with Crippen LogP contribution in [0.25, 0.3) is 10.9 Å². The second-order valence-electron chi connectivity index (χ2n) is 5.64. The van der Waals surface area contributed by atoms with Gasteiger partial charge < -0.3 is 14.4 Å². The highest BCUT2D eigenvalue weighted by molar-refractivity contribution is 5.96. The zero-order valence-corrected chi connectivity index (χ0v) is 13.1. The Morgan fingerprint density at radius 1 is 1.41 bits per heavy atom. The number of aromatic nitrogens is 1. The Bertz CT molecular complexity index is 705. The molecule has 1 N–H and O–H groups in total. The Balaban J connectivity index is 2.17. The SMILES string of the molecule is CCN1CCc2c(c3cc(C(=O)OC)ccc3n2CCO)C1. The molecule has 2 aromatic rings. The van der Waals surface area contributed by atoms with Gasteiger partial charge in [0, 0.05) is 42.7 Å². The lowest BCUT2D eigenvalue weighted by Gasteiger charge is -2.26. The lowest BCUT2D eigenvalue weighted by atomic mass is 10.0. The molecule has 5 heteroatoms. The van der Waals surface area contributed by atoms with Crippen LogP contribution in [0.2, 0.25) is 0 Å². The van der Waals surface area contributed by atoms with Crippen molar-refractivity contribution in [3.8, 4) is 0 Å². The molecule has 2 heterocycles. The maximum Gasteiger partial charge on any atom is 0.337 e. The van der Waals surface area contributed by atoms with Gasteiger partial charge in [-0.05, 0) is 30.3 Å². The summed E-state index contributed by atoms with van der Waals surface area (Å²) in [6, 6.07) is 5.68. The predicted octanol–water partition coefficient (Wildman–Crippen LogP) is 1.80. The van der Waals surface area contributed by atoms with Crippen molar-refractivity contribution in [2.45, 2.75) is 26.4 Å². The zero-order valence-electron chi connectivity index (χ0n) is 13.1. The van der Waals surface area contributed by atoms with Crippen molar-refractivity contribution in [1.29, 1.82) is 0 Å². The van der Waals surface area contributed by atoms with Gasteiger partial charge in [0.25, 0.3) is 0 Å². The van der Waals surface area contributed by atoms with Crippen LogP contribution >= 0.6 is 0 Å². The average molecular weight is 302 g/mol. The number of nitrogens with zero attached hydrogens (tertiary/aromatic N) is 2. The topological polar surface area (TPSA) is 54.7 Å². The van der Waals surface area contributed by atoms with Crippen LogP contribution < -0.4 is 0 Å². The fourth-order valence-corrected chi connectivity index (χ4v) is 3.38. The molecule has 0 aliphatic carbocycles. The Morgan fingerprint density at radius 3 is 2.91 bits per heavy atom. The van der Waals surface area contributed by atoms with Crippen molar-refractivity contribution in [2.24, 2.45) is 0 Å². The molecule has 0 amide bonds. The van der Waals surface area contributed by atoms with Gasteiger partial charge >= 0.3 is 5.97 Å². The van der Waals surface area contributed by atoms with Crippen LogP contribution in [-0.4, -0.2) is 47.3 Å². The van der Waals surface area contributed by atoms with Crippen molar-refractivity contribution >= 4 is 16.9 Å². The Morgan fingerprint density at radius 2 is 2.23 bits per heavy atom. The van der Waals surface area contributed by atoms with E-state index in [1.54, 1.807) is 6.07 Å². The second kappa shape index (κ2) is 6.10. The van der Waals surface area contributed by atoms with Crippen LogP contribution in [0.5, 0.6) is 0 Å². The number of hydrogen-bond acceptors (Lipinski definition) is 4. The molecule has 0 unspecified atom stereocenters. The van der Waals surface area contributed by atoms with Crippen molar-refractivity contribution in [3.63, 3.8) is 0 Å². The minimum atomic E-state index is -0.311. The van der Waals surface area contributed by atoms with E-state index in [0.29, 0.717) is 12.1 Å². The fraction of sp³-hybridized carbons (Fsp3) is 0.471. The molecule has 0 saturated heterocycles. The van der Waals surface area contributed by atoms with Crippen LogP contribution in [-0.2, 0) is 24.2 Å². The maximum atomic E-state index is 11.8. The lowest BCUT2D eigenvalue weighted by molar-refractivity contribution is 0.0601. The summed E-state index contributed by atoms with van der Waals surface area (Å²) in [4.78, 5) is 14.2. The number of ether oxygens (including phenoxy) is 1. The van der Waals surface area contributed by atoms with Crippen LogP contribution in [0, 0.1) is 0 Å². The van der Waals surface area contributed by atoms with Crippen molar-refractivity contribution in [3.05, 3.63) is 35.0 Å². The first kappa shape index (κ1) is 15.1. The molecule has 1 aliphatic rings. The number of hydrogen-bond donors (Lipinski definition) is 1. The number of methoxy groups -OCH3 is 1. The van der Waals surface area contributed by atoms with Crippen molar-refractivity contribution in [2.75, 3.05) is 26.8 Å². The summed E-state index contributed by atoms with van der Waals surface area (Å²) in [6.45, 7) is 5.82. The highest BCUT2D eigenvalue weighted by Gasteiger charge is 2.23. The fourth-order valence-electron chi connectivity index (χ4n) is 3.38. The molecular weight excluding hydrogens is 280 g/mol. The van der Waals surface area contributed by atoms with E-state index in [-0.39, 0.29) is 12.6 Å². The first-order chi connectivity index (χ1) is 10.7. The zero-order chi connectivity index (χ0) is 15.7. The van der Waals surface area contributed by atoms with Gasteiger partial charge in [0.15, 0.2) is 0 Å². The molecule has 0 atom stereocenters. The molecule has 22 heavy (non-hydrogen) atoms. The van der Waals surface area contributed by atoms with E-state index in [2.05, 4.69) is 16.4 Å². The van der Waals surface area contributed by atoms with Crippen molar-refractivity contribution in [1.82, 2.24) is 9.47 Å². The van der Waals surface area contributed by atoms with Crippen molar-refractivity contribution < 1.29 is 14.6 Å². The minimum absolute atomic E-state index is 0.118.